The number of ether oxygens (including phenoxy) is 2. The predicted molar refractivity (Wildman–Crippen MR) is 152 cm³/mol. The Morgan fingerprint density at radius 3 is 2.65 bits per heavy atom. The fourth-order valence-corrected chi connectivity index (χ4v) is 5.58. The molecule has 4 aromatic heterocycles. The normalized spacial score (nSPS) is 20.1. The lowest BCUT2D eigenvalue weighted by Crippen LogP contribution is -2.38. The number of pyridine rings is 1. The summed E-state index contributed by atoms with van der Waals surface area (Å²) in [6, 6.07) is 7.53. The lowest BCUT2D eigenvalue weighted by atomic mass is 9.93. The van der Waals surface area contributed by atoms with Gasteiger partial charge in [0.15, 0.2) is 0 Å². The minimum Gasteiger partial charge on any atom is -0.473 e. The van der Waals surface area contributed by atoms with Crippen molar-refractivity contribution in [3.8, 4) is 17.3 Å². The van der Waals surface area contributed by atoms with Gasteiger partial charge in [0.25, 0.3) is 5.56 Å². The molecular formula is C28H37N9O3. The highest BCUT2D eigenvalue weighted by molar-refractivity contribution is 5.93. The molecule has 0 unspecified atom stereocenters. The number of nitrogens with one attached hydrogen (secondary N) is 1. The van der Waals surface area contributed by atoms with E-state index in [9.17, 15) is 4.79 Å². The molecule has 1 N–H and O–H groups in total. The smallest absolute Gasteiger partial charge is 0.266 e. The molecule has 0 spiro atoms. The van der Waals surface area contributed by atoms with Gasteiger partial charge in [-0.15, -0.1) is 5.10 Å². The summed E-state index contributed by atoms with van der Waals surface area (Å²) in [4.78, 5) is 18.7. The second-order valence-electron chi connectivity index (χ2n) is 10.5. The van der Waals surface area contributed by atoms with E-state index in [0.717, 1.165) is 99.7 Å². The van der Waals surface area contributed by atoms with Crippen molar-refractivity contribution in [3.05, 3.63) is 47.0 Å². The number of anilines is 1. The third-order valence-electron chi connectivity index (χ3n) is 7.80. The molecular weight excluding hydrogens is 510 g/mol. The van der Waals surface area contributed by atoms with Crippen LogP contribution in [0.15, 0.2) is 41.5 Å². The Morgan fingerprint density at radius 1 is 1.05 bits per heavy atom. The van der Waals surface area contributed by atoms with Gasteiger partial charge < -0.3 is 14.8 Å². The van der Waals surface area contributed by atoms with Crippen molar-refractivity contribution in [2.75, 3.05) is 44.7 Å². The van der Waals surface area contributed by atoms with E-state index in [4.69, 9.17) is 19.7 Å². The Kier molecular flexibility index (Phi) is 7.78. The maximum absolute atomic E-state index is 11.7. The van der Waals surface area contributed by atoms with Crippen molar-refractivity contribution >= 4 is 16.7 Å². The number of aryl methyl sites for hydroxylation is 1. The molecule has 0 radical (unpaired) electrons. The number of fused-ring (bicyclic) bond motifs is 1. The molecule has 2 aliphatic rings. The van der Waals surface area contributed by atoms with Crippen LogP contribution in [0.4, 0.5) is 5.82 Å². The van der Waals surface area contributed by atoms with E-state index in [1.807, 2.05) is 17.1 Å². The fourth-order valence-electron chi connectivity index (χ4n) is 5.58. The van der Waals surface area contributed by atoms with Gasteiger partial charge in [0.1, 0.15) is 23.3 Å². The molecule has 0 bridgehead atoms. The van der Waals surface area contributed by atoms with Crippen molar-refractivity contribution < 1.29 is 9.47 Å². The second kappa shape index (κ2) is 11.8. The SMILES string of the molecule is CCNc1cc2c(cn1)c(-c1ccn(CCN3CCOCC3)n1)nn2[C@H]1CC[C@@H](Oc2ccc(=O)n(C)n2)CC1. The van der Waals surface area contributed by atoms with Crippen molar-refractivity contribution in [1.82, 2.24) is 39.2 Å². The van der Waals surface area contributed by atoms with Gasteiger partial charge in [0.2, 0.25) is 5.88 Å². The third kappa shape index (κ3) is 5.73. The van der Waals surface area contributed by atoms with Gasteiger partial charge in [-0.25, -0.2) is 9.67 Å². The van der Waals surface area contributed by atoms with E-state index < -0.39 is 0 Å². The maximum Gasteiger partial charge on any atom is 0.266 e. The molecule has 1 saturated heterocycles. The average molecular weight is 548 g/mol. The Bertz CT molecular complexity index is 1500. The van der Waals surface area contributed by atoms with Crippen LogP contribution >= 0.6 is 0 Å². The lowest BCUT2D eigenvalue weighted by Gasteiger charge is -2.29. The quantitative estimate of drug-likeness (QED) is 0.338. The van der Waals surface area contributed by atoms with E-state index in [1.165, 1.54) is 10.7 Å². The van der Waals surface area contributed by atoms with Crippen LogP contribution in [0.25, 0.3) is 22.3 Å². The molecule has 1 saturated carbocycles. The highest BCUT2D eigenvalue weighted by Crippen LogP contribution is 2.36. The predicted octanol–water partition coefficient (Wildman–Crippen LogP) is 2.72. The Labute approximate surface area is 232 Å². The van der Waals surface area contributed by atoms with E-state index in [0.29, 0.717) is 5.88 Å². The monoisotopic (exact) mass is 547 g/mol. The first-order valence-corrected chi connectivity index (χ1v) is 14.2. The van der Waals surface area contributed by atoms with Crippen LogP contribution in [0.3, 0.4) is 0 Å². The topological polar surface area (TPSA) is 117 Å². The summed E-state index contributed by atoms with van der Waals surface area (Å²) in [7, 11) is 1.64. The van der Waals surface area contributed by atoms with Gasteiger partial charge >= 0.3 is 0 Å². The van der Waals surface area contributed by atoms with Crippen molar-refractivity contribution in [1.29, 1.82) is 0 Å². The molecule has 12 heteroatoms. The molecule has 1 aliphatic carbocycles. The zero-order chi connectivity index (χ0) is 27.5. The maximum atomic E-state index is 11.7. The molecule has 4 aromatic rings. The van der Waals surface area contributed by atoms with Crippen LogP contribution < -0.4 is 15.6 Å². The van der Waals surface area contributed by atoms with Crippen LogP contribution in [-0.4, -0.2) is 84.7 Å². The molecule has 6 rings (SSSR count). The number of rotatable bonds is 9. The Morgan fingerprint density at radius 2 is 1.88 bits per heavy atom. The van der Waals surface area contributed by atoms with E-state index in [-0.39, 0.29) is 17.7 Å². The van der Waals surface area contributed by atoms with Gasteiger partial charge in [-0.05, 0) is 38.7 Å². The highest BCUT2D eigenvalue weighted by Gasteiger charge is 2.27. The molecule has 40 heavy (non-hydrogen) atoms. The summed E-state index contributed by atoms with van der Waals surface area (Å²) in [5.41, 5.74) is 2.64. The number of nitrogens with zero attached hydrogens (tertiary/aromatic N) is 8. The van der Waals surface area contributed by atoms with Crippen molar-refractivity contribution in [3.63, 3.8) is 0 Å². The first-order valence-electron chi connectivity index (χ1n) is 14.2. The molecule has 12 nitrogen and oxygen atoms in total. The fraction of sp³-hybridized carbons (Fsp3) is 0.536. The van der Waals surface area contributed by atoms with Crippen LogP contribution in [0, 0.1) is 0 Å². The molecule has 0 amide bonds. The summed E-state index contributed by atoms with van der Waals surface area (Å²) < 4.78 is 17.1. The summed E-state index contributed by atoms with van der Waals surface area (Å²) in [5, 5.41) is 18.6. The lowest BCUT2D eigenvalue weighted by molar-refractivity contribution is 0.0360. The molecule has 5 heterocycles. The zero-order valence-corrected chi connectivity index (χ0v) is 23.2. The molecule has 212 valence electrons. The third-order valence-corrected chi connectivity index (χ3v) is 7.80. The number of hydrogen-bond acceptors (Lipinski definition) is 9. The second-order valence-corrected chi connectivity index (χ2v) is 10.5. The van der Waals surface area contributed by atoms with Gasteiger partial charge in [-0.1, -0.05) is 0 Å². The van der Waals surface area contributed by atoms with Crippen LogP contribution in [-0.2, 0) is 18.3 Å². The number of aromatic nitrogens is 7. The number of hydrogen-bond donors (Lipinski definition) is 1. The summed E-state index contributed by atoms with van der Waals surface area (Å²) >= 11 is 0. The summed E-state index contributed by atoms with van der Waals surface area (Å²) in [5.74, 6) is 1.33. The molecule has 2 fully saturated rings. The Hall–Kier alpha value is -3.77. The van der Waals surface area contributed by atoms with Gasteiger partial charge in [0.05, 0.1) is 31.3 Å². The minimum absolute atomic E-state index is 0.0590. The first kappa shape index (κ1) is 26.5. The molecule has 0 atom stereocenters. The van der Waals surface area contributed by atoms with Crippen molar-refractivity contribution in [2.45, 2.75) is 51.3 Å². The highest BCUT2D eigenvalue weighted by atomic mass is 16.5. The average Bonchev–Trinajstić information content (AvgIpc) is 3.60. The first-order chi connectivity index (χ1) is 19.6. The van der Waals surface area contributed by atoms with Crippen LogP contribution in [0.1, 0.15) is 38.6 Å². The zero-order valence-electron chi connectivity index (χ0n) is 23.2. The van der Waals surface area contributed by atoms with E-state index >= 15 is 0 Å². The van der Waals surface area contributed by atoms with E-state index in [1.54, 1.807) is 13.1 Å². The van der Waals surface area contributed by atoms with Gasteiger partial charge in [-0.2, -0.15) is 10.2 Å². The summed E-state index contributed by atoms with van der Waals surface area (Å²) in [6.45, 7) is 8.19. The summed E-state index contributed by atoms with van der Waals surface area (Å²) in [6.07, 6.45) is 7.64. The van der Waals surface area contributed by atoms with Crippen LogP contribution in [0.5, 0.6) is 5.88 Å². The van der Waals surface area contributed by atoms with E-state index in [2.05, 4.69) is 44.0 Å². The van der Waals surface area contributed by atoms with Crippen LogP contribution in [0.2, 0.25) is 0 Å². The number of morpholine rings is 1. The minimum atomic E-state index is -0.147. The van der Waals surface area contributed by atoms with Crippen molar-refractivity contribution in [2.24, 2.45) is 7.05 Å². The Balaban J connectivity index is 1.20. The van der Waals surface area contributed by atoms with Gasteiger partial charge in [-0.3, -0.25) is 19.1 Å². The standard InChI is InChI=1S/C28H37N9O3/c1-3-29-25-18-24-22(19-30-25)28(23-10-11-36(31-23)13-12-35-14-16-39-17-15-35)33-37(24)20-4-6-21(7-5-20)40-26-8-9-27(38)34(2)32-26/h8-11,18-21H,3-7,12-17H2,1-2H3,(H,29,30)/t20-,21+. The molecule has 1 aliphatic heterocycles. The van der Waals surface area contributed by atoms with Gasteiger partial charge in [0, 0.05) is 69.2 Å². The molecule has 0 aromatic carbocycles. The largest absolute Gasteiger partial charge is 0.473 e.